The van der Waals surface area contributed by atoms with Gasteiger partial charge in [0.05, 0.1) is 4.47 Å². The second kappa shape index (κ2) is 6.58. The minimum atomic E-state index is 0.226. The van der Waals surface area contributed by atoms with Gasteiger partial charge in [-0.2, -0.15) is 0 Å². The molecule has 100 valence electrons. The summed E-state index contributed by atoms with van der Waals surface area (Å²) in [6.07, 6.45) is 2.28. The summed E-state index contributed by atoms with van der Waals surface area (Å²) < 4.78 is 0.984. The number of oxime groups is 1. The van der Waals surface area contributed by atoms with Crippen LogP contribution in [0.5, 0.6) is 0 Å². The van der Waals surface area contributed by atoms with E-state index in [0.717, 1.165) is 15.9 Å². The van der Waals surface area contributed by atoms with Crippen LogP contribution in [0.25, 0.3) is 0 Å². The van der Waals surface area contributed by atoms with E-state index in [1.54, 1.807) is 6.20 Å². The fourth-order valence-electron chi connectivity index (χ4n) is 1.62. The fourth-order valence-corrected chi connectivity index (χ4v) is 2.08. The Hall–Kier alpha value is -1.30. The van der Waals surface area contributed by atoms with Gasteiger partial charge in [0.25, 0.3) is 0 Å². The highest BCUT2D eigenvalue weighted by Gasteiger charge is 2.16. The second-order valence-corrected chi connectivity index (χ2v) is 5.19. The molecular weight excluding hydrogens is 296 g/mol. The summed E-state index contributed by atoms with van der Waals surface area (Å²) in [5.74, 6) is 1.11. The van der Waals surface area contributed by atoms with Crippen LogP contribution in [0.3, 0.4) is 0 Å². The molecule has 18 heavy (non-hydrogen) atoms. The van der Waals surface area contributed by atoms with Gasteiger partial charge in [0.2, 0.25) is 0 Å². The first-order chi connectivity index (χ1) is 8.47. The van der Waals surface area contributed by atoms with Crippen molar-refractivity contribution < 1.29 is 5.21 Å². The first kappa shape index (κ1) is 14.8. The van der Waals surface area contributed by atoms with E-state index >= 15 is 0 Å². The first-order valence-electron chi connectivity index (χ1n) is 5.81. The van der Waals surface area contributed by atoms with E-state index in [2.05, 4.69) is 44.8 Å². The molecule has 6 heteroatoms. The third kappa shape index (κ3) is 3.60. The Balaban J connectivity index is 2.94. The largest absolute Gasteiger partial charge is 0.409 e. The van der Waals surface area contributed by atoms with Crippen molar-refractivity contribution in [2.24, 2.45) is 10.9 Å². The number of rotatable bonds is 5. The standard InChI is InChI=1S/C12H19BrN4O/c1-8(2)17(7-5-10(14)16-18)12-11(13)9(3)4-6-15-12/h4,6,8,18H,5,7H2,1-3H3,(H2,14,16). The molecule has 0 saturated heterocycles. The Morgan fingerprint density at radius 2 is 2.28 bits per heavy atom. The number of nitrogens with two attached hydrogens (primary N) is 1. The van der Waals surface area contributed by atoms with Gasteiger partial charge in [0.1, 0.15) is 11.7 Å². The zero-order valence-corrected chi connectivity index (χ0v) is 12.5. The predicted molar refractivity (Wildman–Crippen MR) is 77.2 cm³/mol. The van der Waals surface area contributed by atoms with Crippen LogP contribution in [0, 0.1) is 6.92 Å². The van der Waals surface area contributed by atoms with Crippen molar-refractivity contribution >= 4 is 27.6 Å². The Kier molecular flexibility index (Phi) is 5.40. The van der Waals surface area contributed by atoms with Crippen molar-refractivity contribution in [1.29, 1.82) is 0 Å². The lowest BCUT2D eigenvalue weighted by molar-refractivity contribution is 0.317. The molecule has 1 aromatic rings. The first-order valence-corrected chi connectivity index (χ1v) is 6.60. The molecule has 0 saturated carbocycles. The number of hydrogen-bond donors (Lipinski definition) is 2. The monoisotopic (exact) mass is 314 g/mol. The molecule has 3 N–H and O–H groups in total. The van der Waals surface area contributed by atoms with Crippen molar-refractivity contribution in [2.75, 3.05) is 11.4 Å². The molecule has 1 rings (SSSR count). The molecular formula is C12H19BrN4O. The van der Waals surface area contributed by atoms with Gasteiger partial charge in [-0.1, -0.05) is 5.16 Å². The number of halogens is 1. The van der Waals surface area contributed by atoms with Crippen LogP contribution in [-0.2, 0) is 0 Å². The van der Waals surface area contributed by atoms with E-state index in [-0.39, 0.29) is 11.9 Å². The van der Waals surface area contributed by atoms with Gasteiger partial charge in [-0.25, -0.2) is 4.98 Å². The van der Waals surface area contributed by atoms with E-state index in [9.17, 15) is 0 Å². The van der Waals surface area contributed by atoms with Crippen molar-refractivity contribution in [2.45, 2.75) is 33.2 Å². The summed E-state index contributed by atoms with van der Waals surface area (Å²) in [7, 11) is 0. The second-order valence-electron chi connectivity index (χ2n) is 4.39. The molecule has 0 bridgehead atoms. The van der Waals surface area contributed by atoms with Gasteiger partial charge in [0.15, 0.2) is 0 Å². The number of amidine groups is 1. The molecule has 0 aromatic carbocycles. The molecule has 0 radical (unpaired) electrons. The highest BCUT2D eigenvalue weighted by Crippen LogP contribution is 2.28. The molecule has 0 fully saturated rings. The summed E-state index contributed by atoms with van der Waals surface area (Å²) in [6.45, 7) is 6.85. The zero-order chi connectivity index (χ0) is 13.7. The van der Waals surface area contributed by atoms with Crippen molar-refractivity contribution in [3.05, 3.63) is 22.3 Å². The molecule has 0 spiro atoms. The summed E-state index contributed by atoms with van der Waals surface area (Å²) in [6, 6.07) is 2.23. The Labute approximate surface area is 116 Å². The summed E-state index contributed by atoms with van der Waals surface area (Å²) >= 11 is 3.56. The lowest BCUT2D eigenvalue weighted by Gasteiger charge is -2.29. The quantitative estimate of drug-likeness (QED) is 0.379. The maximum Gasteiger partial charge on any atom is 0.143 e. The summed E-state index contributed by atoms with van der Waals surface area (Å²) in [4.78, 5) is 6.52. The lowest BCUT2D eigenvalue weighted by Crippen LogP contribution is -2.35. The number of aromatic nitrogens is 1. The average molecular weight is 315 g/mol. The minimum Gasteiger partial charge on any atom is -0.409 e. The van der Waals surface area contributed by atoms with E-state index in [4.69, 9.17) is 10.9 Å². The smallest absolute Gasteiger partial charge is 0.143 e. The van der Waals surface area contributed by atoms with Crippen LogP contribution in [0.1, 0.15) is 25.8 Å². The predicted octanol–water partition coefficient (Wildman–Crippen LogP) is 2.50. The van der Waals surface area contributed by atoms with Gasteiger partial charge >= 0.3 is 0 Å². The highest BCUT2D eigenvalue weighted by atomic mass is 79.9. The molecule has 0 aliphatic heterocycles. The van der Waals surface area contributed by atoms with Crippen LogP contribution in [0.4, 0.5) is 5.82 Å². The van der Waals surface area contributed by atoms with E-state index in [1.165, 1.54) is 0 Å². The Bertz CT molecular complexity index is 434. The normalized spacial score (nSPS) is 11.9. The molecule has 0 amide bonds. The number of hydrogen-bond acceptors (Lipinski definition) is 4. The average Bonchev–Trinajstić information content (AvgIpc) is 2.33. The van der Waals surface area contributed by atoms with Gasteiger partial charge in [-0.15, -0.1) is 0 Å². The topological polar surface area (TPSA) is 74.7 Å². The highest BCUT2D eigenvalue weighted by molar-refractivity contribution is 9.10. The third-order valence-electron chi connectivity index (χ3n) is 2.70. The minimum absolute atomic E-state index is 0.226. The van der Waals surface area contributed by atoms with Crippen molar-refractivity contribution in [3.8, 4) is 0 Å². The third-order valence-corrected chi connectivity index (χ3v) is 3.68. The number of aryl methyl sites for hydroxylation is 1. The maximum atomic E-state index is 8.58. The van der Waals surface area contributed by atoms with Crippen LogP contribution in [-0.4, -0.2) is 28.6 Å². The molecule has 0 aliphatic carbocycles. The molecule has 0 atom stereocenters. The van der Waals surface area contributed by atoms with Crippen LogP contribution < -0.4 is 10.6 Å². The van der Waals surface area contributed by atoms with Gasteiger partial charge in [-0.3, -0.25) is 0 Å². The zero-order valence-electron chi connectivity index (χ0n) is 10.9. The van der Waals surface area contributed by atoms with Gasteiger partial charge < -0.3 is 15.8 Å². The van der Waals surface area contributed by atoms with Gasteiger partial charge in [-0.05, 0) is 48.3 Å². The number of nitrogens with zero attached hydrogens (tertiary/aromatic N) is 3. The van der Waals surface area contributed by atoms with E-state index in [1.807, 2.05) is 13.0 Å². The van der Waals surface area contributed by atoms with E-state index in [0.29, 0.717) is 13.0 Å². The molecule has 1 aromatic heterocycles. The summed E-state index contributed by atoms with van der Waals surface area (Å²) in [5, 5.41) is 11.6. The number of anilines is 1. The van der Waals surface area contributed by atoms with Crippen molar-refractivity contribution in [3.63, 3.8) is 0 Å². The molecule has 0 aliphatic rings. The maximum absolute atomic E-state index is 8.58. The van der Waals surface area contributed by atoms with Crippen LogP contribution >= 0.6 is 15.9 Å². The SMILES string of the molecule is Cc1ccnc(N(CC/C(N)=N/O)C(C)C)c1Br. The molecule has 1 heterocycles. The summed E-state index contributed by atoms with van der Waals surface area (Å²) in [5.41, 5.74) is 6.64. The number of pyridine rings is 1. The van der Waals surface area contributed by atoms with E-state index < -0.39 is 0 Å². The molecule has 0 unspecified atom stereocenters. The Morgan fingerprint density at radius 1 is 1.61 bits per heavy atom. The van der Waals surface area contributed by atoms with Crippen LogP contribution in [0.15, 0.2) is 21.9 Å². The fraction of sp³-hybridized carbons (Fsp3) is 0.500. The van der Waals surface area contributed by atoms with Gasteiger partial charge in [0, 0.05) is 25.2 Å². The lowest BCUT2D eigenvalue weighted by atomic mass is 10.2. The van der Waals surface area contributed by atoms with Crippen LogP contribution in [0.2, 0.25) is 0 Å². The molecule has 5 nitrogen and oxygen atoms in total. The Morgan fingerprint density at radius 3 is 2.83 bits per heavy atom. The van der Waals surface area contributed by atoms with Crippen molar-refractivity contribution in [1.82, 2.24) is 4.98 Å².